The zero-order valence-corrected chi connectivity index (χ0v) is 10.8. The lowest BCUT2D eigenvalue weighted by Crippen LogP contribution is -2.18. The van der Waals surface area contributed by atoms with Crippen LogP contribution in [0.5, 0.6) is 0 Å². The molecule has 15 heavy (non-hydrogen) atoms. The van der Waals surface area contributed by atoms with Crippen molar-refractivity contribution in [2.75, 3.05) is 13.1 Å². The van der Waals surface area contributed by atoms with E-state index in [-0.39, 0.29) is 0 Å². The maximum Gasteiger partial charge on any atom is -0.00464 e. The smallest absolute Gasteiger partial charge is 0.00464 e. The molecule has 1 aromatic rings. The van der Waals surface area contributed by atoms with Crippen LogP contribution >= 0.6 is 11.3 Å². The van der Waals surface area contributed by atoms with Crippen LogP contribution in [0, 0.1) is 5.92 Å². The first-order valence-electron chi connectivity index (χ1n) is 6.04. The normalized spacial score (nSPS) is 12.9. The van der Waals surface area contributed by atoms with Gasteiger partial charge in [0.25, 0.3) is 0 Å². The Morgan fingerprint density at radius 2 is 2.20 bits per heavy atom. The minimum atomic E-state index is 0.842. The molecule has 1 N–H and O–H groups in total. The van der Waals surface area contributed by atoms with E-state index >= 15 is 0 Å². The molecule has 0 aromatic carbocycles. The number of aryl methyl sites for hydroxylation is 1. The van der Waals surface area contributed by atoms with Crippen molar-refractivity contribution in [3.8, 4) is 0 Å². The summed E-state index contributed by atoms with van der Waals surface area (Å²) in [5, 5.41) is 7.90. The topological polar surface area (TPSA) is 12.0 Å². The molecule has 0 aliphatic heterocycles. The third-order valence-electron chi connectivity index (χ3n) is 2.75. The molecule has 1 atom stereocenters. The third kappa shape index (κ3) is 5.95. The Hall–Kier alpha value is -0.340. The van der Waals surface area contributed by atoms with Crippen molar-refractivity contribution in [3.63, 3.8) is 0 Å². The highest BCUT2D eigenvalue weighted by Gasteiger charge is 2.02. The maximum atomic E-state index is 3.46. The van der Waals surface area contributed by atoms with Gasteiger partial charge in [0, 0.05) is 0 Å². The molecule has 1 aromatic heterocycles. The average molecular weight is 225 g/mol. The monoisotopic (exact) mass is 225 g/mol. The highest BCUT2D eigenvalue weighted by atomic mass is 32.1. The summed E-state index contributed by atoms with van der Waals surface area (Å²) in [4.78, 5) is 0. The van der Waals surface area contributed by atoms with Crippen LogP contribution in [0.25, 0.3) is 0 Å². The molecule has 0 amide bonds. The molecule has 2 heteroatoms. The summed E-state index contributed by atoms with van der Waals surface area (Å²) in [5.41, 5.74) is 1.51. The molecule has 1 unspecified atom stereocenters. The van der Waals surface area contributed by atoms with Crippen LogP contribution in [0.2, 0.25) is 0 Å². The highest BCUT2D eigenvalue weighted by molar-refractivity contribution is 7.07. The molecule has 0 fully saturated rings. The van der Waals surface area contributed by atoms with E-state index in [0.717, 1.165) is 12.5 Å². The SMILES string of the molecule is CCCNCCC(C)CCc1ccsc1. The van der Waals surface area contributed by atoms with Gasteiger partial charge < -0.3 is 5.32 Å². The number of nitrogens with one attached hydrogen (secondary N) is 1. The van der Waals surface area contributed by atoms with Gasteiger partial charge in [-0.1, -0.05) is 13.8 Å². The van der Waals surface area contributed by atoms with Gasteiger partial charge in [0.15, 0.2) is 0 Å². The fourth-order valence-corrected chi connectivity index (χ4v) is 2.35. The van der Waals surface area contributed by atoms with E-state index in [1.54, 1.807) is 11.3 Å². The zero-order valence-electron chi connectivity index (χ0n) is 9.96. The van der Waals surface area contributed by atoms with Gasteiger partial charge in [-0.25, -0.2) is 0 Å². The number of hydrogen-bond donors (Lipinski definition) is 1. The Labute approximate surface area is 97.9 Å². The molecule has 0 aliphatic rings. The van der Waals surface area contributed by atoms with E-state index in [9.17, 15) is 0 Å². The van der Waals surface area contributed by atoms with Crippen molar-refractivity contribution in [1.29, 1.82) is 0 Å². The predicted octanol–water partition coefficient (Wildman–Crippen LogP) is 3.71. The van der Waals surface area contributed by atoms with E-state index in [1.807, 2.05) is 0 Å². The van der Waals surface area contributed by atoms with Crippen LogP contribution in [0.1, 0.15) is 38.7 Å². The van der Waals surface area contributed by atoms with Gasteiger partial charge in [-0.05, 0) is 67.1 Å². The van der Waals surface area contributed by atoms with Crippen LogP contribution in [0.15, 0.2) is 16.8 Å². The summed E-state index contributed by atoms with van der Waals surface area (Å²) in [6.07, 6.45) is 5.12. The molecule has 1 nitrogen and oxygen atoms in total. The van der Waals surface area contributed by atoms with Crippen molar-refractivity contribution in [3.05, 3.63) is 22.4 Å². The summed E-state index contributed by atoms with van der Waals surface area (Å²) in [5.74, 6) is 0.842. The van der Waals surface area contributed by atoms with Crippen molar-refractivity contribution in [2.24, 2.45) is 5.92 Å². The second-order valence-corrected chi connectivity index (χ2v) is 5.09. The summed E-state index contributed by atoms with van der Waals surface area (Å²) in [6, 6.07) is 2.24. The van der Waals surface area contributed by atoms with Crippen molar-refractivity contribution >= 4 is 11.3 Å². The minimum Gasteiger partial charge on any atom is -0.317 e. The predicted molar refractivity (Wildman–Crippen MR) is 69.6 cm³/mol. The molecular formula is C13H23NS. The van der Waals surface area contributed by atoms with Gasteiger partial charge in [-0.15, -0.1) is 0 Å². The standard InChI is InChI=1S/C13H23NS/c1-3-8-14-9-6-12(2)4-5-13-7-10-15-11-13/h7,10-12,14H,3-6,8-9H2,1-2H3. The molecular weight excluding hydrogens is 202 g/mol. The van der Waals surface area contributed by atoms with Crippen LogP contribution in [0.4, 0.5) is 0 Å². The van der Waals surface area contributed by atoms with Gasteiger partial charge >= 0.3 is 0 Å². The Morgan fingerprint density at radius 3 is 2.87 bits per heavy atom. The number of rotatable bonds is 8. The number of thiophene rings is 1. The van der Waals surface area contributed by atoms with E-state index in [1.165, 1.54) is 37.8 Å². The molecule has 0 bridgehead atoms. The van der Waals surface area contributed by atoms with Crippen molar-refractivity contribution in [1.82, 2.24) is 5.32 Å². The fourth-order valence-electron chi connectivity index (χ4n) is 1.64. The Morgan fingerprint density at radius 1 is 1.33 bits per heavy atom. The quantitative estimate of drug-likeness (QED) is 0.665. The van der Waals surface area contributed by atoms with Gasteiger partial charge in [0.1, 0.15) is 0 Å². The fraction of sp³-hybridized carbons (Fsp3) is 0.692. The molecule has 0 aliphatic carbocycles. The Bertz CT molecular complexity index is 231. The molecule has 0 saturated carbocycles. The molecule has 1 heterocycles. The first-order valence-corrected chi connectivity index (χ1v) is 6.99. The third-order valence-corrected chi connectivity index (χ3v) is 3.48. The largest absolute Gasteiger partial charge is 0.317 e. The second-order valence-electron chi connectivity index (χ2n) is 4.31. The van der Waals surface area contributed by atoms with E-state index in [2.05, 4.69) is 36.0 Å². The first kappa shape index (κ1) is 12.7. The second kappa shape index (κ2) is 7.89. The van der Waals surface area contributed by atoms with Crippen molar-refractivity contribution < 1.29 is 0 Å². The Kier molecular flexibility index (Phi) is 6.69. The summed E-state index contributed by atoms with van der Waals surface area (Å²) in [6.45, 7) is 6.92. The number of hydrogen-bond acceptors (Lipinski definition) is 2. The zero-order chi connectivity index (χ0) is 10.9. The minimum absolute atomic E-state index is 0.842. The van der Waals surface area contributed by atoms with Gasteiger partial charge in [0.2, 0.25) is 0 Å². The van der Waals surface area contributed by atoms with E-state index < -0.39 is 0 Å². The van der Waals surface area contributed by atoms with Gasteiger partial charge in [0.05, 0.1) is 0 Å². The van der Waals surface area contributed by atoms with Gasteiger partial charge in [-0.2, -0.15) is 11.3 Å². The lowest BCUT2D eigenvalue weighted by atomic mass is 9.99. The maximum absolute atomic E-state index is 3.46. The van der Waals surface area contributed by atoms with Crippen LogP contribution in [-0.2, 0) is 6.42 Å². The van der Waals surface area contributed by atoms with Crippen LogP contribution in [0.3, 0.4) is 0 Å². The Balaban J connectivity index is 2.01. The molecule has 0 spiro atoms. The van der Waals surface area contributed by atoms with Crippen molar-refractivity contribution in [2.45, 2.75) is 39.5 Å². The average Bonchev–Trinajstić information content (AvgIpc) is 2.74. The summed E-state index contributed by atoms with van der Waals surface area (Å²) >= 11 is 1.80. The molecule has 0 radical (unpaired) electrons. The van der Waals surface area contributed by atoms with E-state index in [0.29, 0.717) is 0 Å². The van der Waals surface area contributed by atoms with E-state index in [4.69, 9.17) is 0 Å². The molecule has 1 rings (SSSR count). The lowest BCUT2D eigenvalue weighted by Gasteiger charge is -2.10. The highest BCUT2D eigenvalue weighted by Crippen LogP contribution is 2.14. The molecule has 0 saturated heterocycles. The lowest BCUT2D eigenvalue weighted by molar-refractivity contribution is 0.470. The summed E-state index contributed by atoms with van der Waals surface area (Å²) < 4.78 is 0. The molecule has 86 valence electrons. The summed E-state index contributed by atoms with van der Waals surface area (Å²) in [7, 11) is 0. The van der Waals surface area contributed by atoms with Gasteiger partial charge in [-0.3, -0.25) is 0 Å². The van der Waals surface area contributed by atoms with Crippen LogP contribution in [-0.4, -0.2) is 13.1 Å². The first-order chi connectivity index (χ1) is 7.33. The van der Waals surface area contributed by atoms with Crippen LogP contribution < -0.4 is 5.32 Å².